The molecule has 1 amide bonds. The summed E-state index contributed by atoms with van der Waals surface area (Å²) in [5.74, 6) is -1.58. The third-order valence-corrected chi connectivity index (χ3v) is 5.88. The maximum Gasteiger partial charge on any atom is 0.379 e. The lowest BCUT2D eigenvalue weighted by molar-refractivity contribution is -0.135. The van der Waals surface area contributed by atoms with Crippen LogP contribution < -0.4 is 0 Å². The fraction of sp³-hybridized carbons (Fsp3) is 0.292. The van der Waals surface area contributed by atoms with Gasteiger partial charge in [-0.25, -0.2) is 9.18 Å². The van der Waals surface area contributed by atoms with Crippen LogP contribution in [0, 0.1) is 11.7 Å². The van der Waals surface area contributed by atoms with Crippen LogP contribution in [0.15, 0.2) is 48.7 Å². The Hall–Kier alpha value is -3.48. The van der Waals surface area contributed by atoms with E-state index in [2.05, 4.69) is 9.72 Å². The minimum absolute atomic E-state index is 0.0974. The smallest absolute Gasteiger partial charge is 0.379 e. The molecule has 0 saturated carbocycles. The van der Waals surface area contributed by atoms with Crippen LogP contribution in [0.3, 0.4) is 0 Å². The number of amides is 1. The van der Waals surface area contributed by atoms with Crippen LogP contribution in [0.25, 0.3) is 10.9 Å². The second-order valence-corrected chi connectivity index (χ2v) is 7.85. The molecule has 6 nitrogen and oxygen atoms in total. The summed E-state index contributed by atoms with van der Waals surface area (Å²) >= 11 is 0. The zero-order valence-corrected chi connectivity index (χ0v) is 17.2. The van der Waals surface area contributed by atoms with Crippen LogP contribution >= 0.6 is 0 Å². The fourth-order valence-corrected chi connectivity index (χ4v) is 4.12. The molecule has 0 spiro atoms. The summed E-state index contributed by atoms with van der Waals surface area (Å²) in [6.45, 7) is 1.29. The van der Waals surface area contributed by atoms with Crippen molar-refractivity contribution in [3.63, 3.8) is 0 Å². The number of nitrogens with zero attached hydrogens (tertiary/aromatic N) is 1. The van der Waals surface area contributed by atoms with Gasteiger partial charge in [0.05, 0.1) is 12.7 Å². The number of rotatable bonds is 5. The molecule has 2 heterocycles. The maximum absolute atomic E-state index is 13.1. The number of nitrogens with one attached hydrogen (secondary N) is 1. The van der Waals surface area contributed by atoms with Gasteiger partial charge in [0.2, 0.25) is 0 Å². The van der Waals surface area contributed by atoms with E-state index in [1.54, 1.807) is 18.2 Å². The number of ketones is 1. The van der Waals surface area contributed by atoms with Gasteiger partial charge in [-0.1, -0.05) is 12.1 Å². The number of aromatic amines is 1. The topological polar surface area (TPSA) is 79.5 Å². The van der Waals surface area contributed by atoms with Gasteiger partial charge in [0.15, 0.2) is 0 Å². The van der Waals surface area contributed by atoms with Gasteiger partial charge in [0.1, 0.15) is 5.82 Å². The van der Waals surface area contributed by atoms with Crippen LogP contribution in [-0.2, 0) is 16.0 Å². The number of likely N-dealkylation sites (tertiary alicyclic amines) is 1. The summed E-state index contributed by atoms with van der Waals surface area (Å²) in [5, 5.41) is 0.521. The molecule has 4 rings (SSSR count). The summed E-state index contributed by atoms with van der Waals surface area (Å²) in [6.07, 6.45) is 4.08. The SMILES string of the molecule is COC(=O)C(=O)c1c[nH]c2ccc(C(=O)N3CCC(Cc4ccc(F)cc4)CC3)cc12. The van der Waals surface area contributed by atoms with Gasteiger partial charge in [-0.3, -0.25) is 9.59 Å². The largest absolute Gasteiger partial charge is 0.463 e. The van der Waals surface area contributed by atoms with E-state index in [4.69, 9.17) is 0 Å². The molecular formula is C24H23FN2O4. The first-order valence-corrected chi connectivity index (χ1v) is 10.2. The van der Waals surface area contributed by atoms with Crippen molar-refractivity contribution in [1.29, 1.82) is 0 Å². The molecule has 1 N–H and O–H groups in total. The van der Waals surface area contributed by atoms with Gasteiger partial charge in [0, 0.05) is 35.8 Å². The van der Waals surface area contributed by atoms with E-state index < -0.39 is 11.8 Å². The molecule has 1 saturated heterocycles. The number of halogens is 1. The second-order valence-electron chi connectivity index (χ2n) is 7.85. The Balaban J connectivity index is 1.44. The van der Waals surface area contributed by atoms with E-state index in [0.29, 0.717) is 35.5 Å². The molecule has 0 bridgehead atoms. The van der Waals surface area contributed by atoms with Crippen molar-refractivity contribution < 1.29 is 23.5 Å². The van der Waals surface area contributed by atoms with E-state index in [0.717, 1.165) is 31.9 Å². The third kappa shape index (κ3) is 4.35. The molecule has 160 valence electrons. The molecule has 2 aromatic carbocycles. The van der Waals surface area contributed by atoms with Crippen LogP contribution in [0.2, 0.25) is 0 Å². The lowest BCUT2D eigenvalue weighted by Crippen LogP contribution is -2.38. The quantitative estimate of drug-likeness (QED) is 0.386. The van der Waals surface area contributed by atoms with Gasteiger partial charge >= 0.3 is 5.97 Å². The number of hydrogen-bond donors (Lipinski definition) is 1. The number of H-pyrrole nitrogens is 1. The van der Waals surface area contributed by atoms with Crippen molar-refractivity contribution in [3.05, 3.63) is 71.2 Å². The van der Waals surface area contributed by atoms with Crippen molar-refractivity contribution in [2.75, 3.05) is 20.2 Å². The summed E-state index contributed by atoms with van der Waals surface area (Å²) in [6, 6.07) is 11.7. The Kier molecular flexibility index (Phi) is 5.84. The van der Waals surface area contributed by atoms with Crippen molar-refractivity contribution in [1.82, 2.24) is 9.88 Å². The Labute approximate surface area is 179 Å². The molecule has 1 aliphatic heterocycles. The highest BCUT2D eigenvalue weighted by Gasteiger charge is 2.25. The van der Waals surface area contributed by atoms with Crippen LogP contribution in [0.4, 0.5) is 4.39 Å². The van der Waals surface area contributed by atoms with E-state index >= 15 is 0 Å². The molecule has 0 unspecified atom stereocenters. The van der Waals surface area contributed by atoms with Gasteiger partial charge in [-0.05, 0) is 61.1 Å². The number of esters is 1. The molecule has 7 heteroatoms. The van der Waals surface area contributed by atoms with Crippen molar-refractivity contribution >= 4 is 28.6 Å². The lowest BCUT2D eigenvalue weighted by Gasteiger charge is -2.32. The Morgan fingerprint density at radius 2 is 1.81 bits per heavy atom. The normalized spacial score (nSPS) is 14.6. The first-order chi connectivity index (χ1) is 15.0. The van der Waals surface area contributed by atoms with Crippen molar-refractivity contribution in [2.45, 2.75) is 19.3 Å². The van der Waals surface area contributed by atoms with Crippen LogP contribution in [0.1, 0.15) is 39.1 Å². The highest BCUT2D eigenvalue weighted by molar-refractivity contribution is 6.43. The highest BCUT2D eigenvalue weighted by Crippen LogP contribution is 2.25. The monoisotopic (exact) mass is 422 g/mol. The molecular weight excluding hydrogens is 399 g/mol. The molecule has 31 heavy (non-hydrogen) atoms. The third-order valence-electron chi connectivity index (χ3n) is 5.88. The van der Waals surface area contributed by atoms with Gasteiger partial charge in [-0.2, -0.15) is 0 Å². The minimum Gasteiger partial charge on any atom is -0.463 e. The van der Waals surface area contributed by atoms with E-state index in [9.17, 15) is 18.8 Å². The predicted octanol–water partition coefficient (Wildman–Crippen LogP) is 3.76. The van der Waals surface area contributed by atoms with Crippen LogP contribution in [0.5, 0.6) is 0 Å². The minimum atomic E-state index is -0.944. The van der Waals surface area contributed by atoms with Crippen molar-refractivity contribution in [2.24, 2.45) is 5.92 Å². The molecule has 1 aromatic heterocycles. The number of ether oxygens (including phenoxy) is 1. The fourth-order valence-electron chi connectivity index (χ4n) is 4.12. The Bertz CT molecular complexity index is 1130. The summed E-state index contributed by atoms with van der Waals surface area (Å²) in [4.78, 5) is 41.6. The van der Waals surface area contributed by atoms with Crippen LogP contribution in [-0.4, -0.2) is 47.7 Å². The average molecular weight is 422 g/mol. The van der Waals surface area contributed by atoms with Crippen molar-refractivity contribution in [3.8, 4) is 0 Å². The number of methoxy groups -OCH3 is 1. The number of fused-ring (bicyclic) bond motifs is 1. The average Bonchev–Trinajstić information content (AvgIpc) is 3.23. The summed E-state index contributed by atoms with van der Waals surface area (Å²) in [7, 11) is 1.16. The Morgan fingerprint density at radius 3 is 2.48 bits per heavy atom. The molecule has 0 atom stereocenters. The number of piperidine rings is 1. The molecule has 0 radical (unpaired) electrons. The number of carbonyl (C=O) groups is 3. The van der Waals surface area contributed by atoms with E-state index in [-0.39, 0.29) is 17.3 Å². The van der Waals surface area contributed by atoms with E-state index in [1.807, 2.05) is 17.0 Å². The predicted molar refractivity (Wildman–Crippen MR) is 113 cm³/mol. The first kappa shape index (κ1) is 20.8. The zero-order chi connectivity index (χ0) is 22.0. The number of Topliss-reactive ketones (excluding diaryl/α,β-unsaturated/α-hetero) is 1. The molecule has 3 aromatic rings. The number of benzene rings is 2. The number of carbonyl (C=O) groups excluding carboxylic acids is 3. The standard InChI is InChI=1S/C24H23FN2O4/c1-31-24(30)22(28)20-14-26-21-7-4-17(13-19(20)21)23(29)27-10-8-16(9-11-27)12-15-2-5-18(25)6-3-15/h2-7,13-14,16,26H,8-12H2,1H3. The molecule has 1 aliphatic rings. The number of hydrogen-bond acceptors (Lipinski definition) is 4. The van der Waals surface area contributed by atoms with Gasteiger partial charge in [-0.15, -0.1) is 0 Å². The lowest BCUT2D eigenvalue weighted by atomic mass is 9.90. The van der Waals surface area contributed by atoms with Gasteiger partial charge < -0.3 is 14.6 Å². The van der Waals surface area contributed by atoms with E-state index in [1.165, 1.54) is 18.3 Å². The summed E-state index contributed by atoms with van der Waals surface area (Å²) < 4.78 is 17.6. The maximum atomic E-state index is 13.1. The highest BCUT2D eigenvalue weighted by atomic mass is 19.1. The first-order valence-electron chi connectivity index (χ1n) is 10.2. The van der Waals surface area contributed by atoms with Gasteiger partial charge in [0.25, 0.3) is 11.7 Å². The number of aromatic nitrogens is 1. The Morgan fingerprint density at radius 1 is 1.10 bits per heavy atom. The summed E-state index contributed by atoms with van der Waals surface area (Å²) in [5.41, 5.74) is 2.44. The molecule has 0 aliphatic carbocycles. The second kappa shape index (κ2) is 8.71. The molecule has 1 fully saturated rings. The zero-order valence-electron chi connectivity index (χ0n) is 17.2.